The highest BCUT2D eigenvalue weighted by molar-refractivity contribution is 5.94. The predicted octanol–water partition coefficient (Wildman–Crippen LogP) is 3.76. The van der Waals surface area contributed by atoms with Gasteiger partial charge in [0.05, 0.1) is 13.2 Å². The first kappa shape index (κ1) is 14.6. The number of nitrogens with zero attached hydrogens (tertiary/aromatic N) is 1. The van der Waals surface area contributed by atoms with Crippen LogP contribution in [0.3, 0.4) is 0 Å². The summed E-state index contributed by atoms with van der Waals surface area (Å²) in [6.07, 6.45) is 0.890. The molecule has 0 aromatic heterocycles. The number of rotatable bonds is 2. The fourth-order valence-corrected chi connectivity index (χ4v) is 3.06. The number of hydrogen-bond acceptors (Lipinski definition) is 2. The number of aryl methyl sites for hydroxylation is 1. The number of fused-ring (bicyclic) bond motifs is 1. The fourth-order valence-electron chi connectivity index (χ4n) is 3.06. The third kappa shape index (κ3) is 2.59. The van der Waals surface area contributed by atoms with Crippen LogP contribution in [0.25, 0.3) is 0 Å². The number of ether oxygens (including phenoxy) is 1. The normalized spacial score (nSPS) is 17.0. The van der Waals surface area contributed by atoms with Gasteiger partial charge in [-0.05, 0) is 55.7 Å². The van der Waals surface area contributed by atoms with Crippen molar-refractivity contribution in [3.63, 3.8) is 0 Å². The first-order valence-corrected chi connectivity index (χ1v) is 7.64. The molecule has 2 aromatic carbocycles. The summed E-state index contributed by atoms with van der Waals surface area (Å²) in [5.74, 6) is 0.941. The summed E-state index contributed by atoms with van der Waals surface area (Å²) in [5, 5.41) is 0. The van der Waals surface area contributed by atoms with E-state index in [-0.39, 0.29) is 11.9 Å². The van der Waals surface area contributed by atoms with Gasteiger partial charge < -0.3 is 9.64 Å². The molecule has 114 valence electrons. The van der Waals surface area contributed by atoms with Crippen LogP contribution in [0, 0.1) is 6.92 Å². The van der Waals surface area contributed by atoms with E-state index in [2.05, 4.69) is 19.1 Å². The molecule has 1 aliphatic rings. The van der Waals surface area contributed by atoms with E-state index in [0.29, 0.717) is 0 Å². The molecule has 1 aliphatic heterocycles. The van der Waals surface area contributed by atoms with E-state index in [4.69, 9.17) is 4.74 Å². The number of carbonyl (C=O) groups is 1. The smallest absolute Gasteiger partial charge is 0.254 e. The van der Waals surface area contributed by atoms with Crippen molar-refractivity contribution in [2.24, 2.45) is 0 Å². The van der Waals surface area contributed by atoms with Crippen LogP contribution < -0.4 is 4.74 Å². The molecular formula is C19H21NO2. The molecular weight excluding hydrogens is 274 g/mol. The minimum Gasteiger partial charge on any atom is -0.497 e. The Kier molecular flexibility index (Phi) is 3.88. The lowest BCUT2D eigenvalue weighted by Gasteiger charge is -2.35. The Morgan fingerprint density at radius 3 is 2.59 bits per heavy atom. The van der Waals surface area contributed by atoms with Crippen molar-refractivity contribution in [3.05, 3.63) is 64.7 Å². The Bertz CT molecular complexity index is 691. The van der Waals surface area contributed by atoms with Crippen LogP contribution in [0.2, 0.25) is 0 Å². The Labute approximate surface area is 131 Å². The molecule has 3 nitrogen and oxygen atoms in total. The number of carbonyl (C=O) groups excluding carboxylic acids is 1. The van der Waals surface area contributed by atoms with Crippen molar-refractivity contribution >= 4 is 5.91 Å². The Hall–Kier alpha value is -2.29. The maximum Gasteiger partial charge on any atom is 0.254 e. The molecule has 0 saturated carbocycles. The van der Waals surface area contributed by atoms with Crippen molar-refractivity contribution in [1.29, 1.82) is 0 Å². The van der Waals surface area contributed by atoms with Crippen molar-refractivity contribution in [1.82, 2.24) is 4.90 Å². The molecule has 0 aliphatic carbocycles. The molecule has 0 spiro atoms. The van der Waals surface area contributed by atoms with Crippen LogP contribution in [-0.4, -0.2) is 24.5 Å². The van der Waals surface area contributed by atoms with Gasteiger partial charge in [-0.1, -0.05) is 23.8 Å². The molecule has 1 atom stereocenters. The highest BCUT2D eigenvalue weighted by Gasteiger charge is 2.28. The summed E-state index contributed by atoms with van der Waals surface area (Å²) < 4.78 is 5.32. The molecule has 1 unspecified atom stereocenters. The Morgan fingerprint density at radius 1 is 1.18 bits per heavy atom. The quantitative estimate of drug-likeness (QED) is 0.844. The number of benzene rings is 2. The SMILES string of the molecule is COc1ccc2c(c1)C(C)N(C(=O)c1ccc(C)cc1)CC2. The number of methoxy groups -OCH3 is 1. The summed E-state index contributed by atoms with van der Waals surface area (Å²) in [5.41, 5.74) is 4.41. The minimum atomic E-state index is 0.0626. The van der Waals surface area contributed by atoms with Gasteiger partial charge in [-0.2, -0.15) is 0 Å². The van der Waals surface area contributed by atoms with Crippen LogP contribution in [-0.2, 0) is 6.42 Å². The van der Waals surface area contributed by atoms with Gasteiger partial charge in [0.1, 0.15) is 5.75 Å². The maximum absolute atomic E-state index is 12.8. The second-order valence-electron chi connectivity index (χ2n) is 5.86. The van der Waals surface area contributed by atoms with E-state index in [0.717, 1.165) is 24.3 Å². The third-order valence-electron chi connectivity index (χ3n) is 4.45. The zero-order valence-corrected chi connectivity index (χ0v) is 13.3. The molecule has 1 heterocycles. The lowest BCUT2D eigenvalue weighted by atomic mass is 9.92. The van der Waals surface area contributed by atoms with Crippen LogP contribution in [0.1, 0.15) is 40.0 Å². The molecule has 3 rings (SSSR count). The summed E-state index contributed by atoms with van der Waals surface area (Å²) in [7, 11) is 1.67. The van der Waals surface area contributed by atoms with Gasteiger partial charge in [0.2, 0.25) is 0 Å². The number of amides is 1. The van der Waals surface area contributed by atoms with E-state index in [1.54, 1.807) is 7.11 Å². The number of hydrogen-bond donors (Lipinski definition) is 0. The van der Waals surface area contributed by atoms with E-state index < -0.39 is 0 Å². The molecule has 0 fully saturated rings. The molecule has 3 heteroatoms. The van der Waals surface area contributed by atoms with Crippen LogP contribution in [0.15, 0.2) is 42.5 Å². The molecule has 1 amide bonds. The van der Waals surface area contributed by atoms with Gasteiger partial charge in [0, 0.05) is 12.1 Å². The molecule has 0 saturated heterocycles. The monoisotopic (exact) mass is 295 g/mol. The van der Waals surface area contributed by atoms with Crippen molar-refractivity contribution in [2.75, 3.05) is 13.7 Å². The van der Waals surface area contributed by atoms with Crippen LogP contribution in [0.4, 0.5) is 0 Å². The highest BCUT2D eigenvalue weighted by atomic mass is 16.5. The highest BCUT2D eigenvalue weighted by Crippen LogP contribution is 2.33. The van der Waals surface area contributed by atoms with E-state index in [9.17, 15) is 4.79 Å². The summed E-state index contributed by atoms with van der Waals surface area (Å²) in [6.45, 7) is 4.87. The lowest BCUT2D eigenvalue weighted by molar-refractivity contribution is 0.0677. The first-order valence-electron chi connectivity index (χ1n) is 7.64. The zero-order valence-electron chi connectivity index (χ0n) is 13.3. The van der Waals surface area contributed by atoms with Gasteiger partial charge in [-0.15, -0.1) is 0 Å². The second kappa shape index (κ2) is 5.84. The van der Waals surface area contributed by atoms with E-state index in [1.165, 1.54) is 16.7 Å². The van der Waals surface area contributed by atoms with Crippen molar-refractivity contribution in [3.8, 4) is 5.75 Å². The first-order chi connectivity index (χ1) is 10.6. The van der Waals surface area contributed by atoms with Gasteiger partial charge in [-0.3, -0.25) is 4.79 Å². The Morgan fingerprint density at radius 2 is 1.91 bits per heavy atom. The average molecular weight is 295 g/mol. The molecule has 2 aromatic rings. The van der Waals surface area contributed by atoms with Crippen LogP contribution in [0.5, 0.6) is 5.75 Å². The van der Waals surface area contributed by atoms with Gasteiger partial charge in [-0.25, -0.2) is 0 Å². The third-order valence-corrected chi connectivity index (χ3v) is 4.45. The summed E-state index contributed by atoms with van der Waals surface area (Å²) in [6, 6.07) is 14.0. The second-order valence-corrected chi connectivity index (χ2v) is 5.86. The predicted molar refractivity (Wildman–Crippen MR) is 87.3 cm³/mol. The molecule has 0 bridgehead atoms. The fraction of sp³-hybridized carbons (Fsp3) is 0.316. The zero-order chi connectivity index (χ0) is 15.7. The van der Waals surface area contributed by atoms with Crippen LogP contribution >= 0.6 is 0 Å². The van der Waals surface area contributed by atoms with Gasteiger partial charge in [0.15, 0.2) is 0 Å². The van der Waals surface area contributed by atoms with Gasteiger partial charge >= 0.3 is 0 Å². The minimum absolute atomic E-state index is 0.0626. The summed E-state index contributed by atoms with van der Waals surface area (Å²) in [4.78, 5) is 14.7. The van der Waals surface area contributed by atoms with Crippen molar-refractivity contribution in [2.45, 2.75) is 26.3 Å². The lowest BCUT2D eigenvalue weighted by Crippen LogP contribution is -2.38. The maximum atomic E-state index is 12.8. The van der Waals surface area contributed by atoms with Gasteiger partial charge in [0.25, 0.3) is 5.91 Å². The topological polar surface area (TPSA) is 29.5 Å². The van der Waals surface area contributed by atoms with E-state index in [1.807, 2.05) is 42.2 Å². The van der Waals surface area contributed by atoms with E-state index >= 15 is 0 Å². The average Bonchev–Trinajstić information content (AvgIpc) is 2.55. The molecule has 22 heavy (non-hydrogen) atoms. The molecule has 0 N–H and O–H groups in total. The Balaban J connectivity index is 1.89. The van der Waals surface area contributed by atoms with Crippen molar-refractivity contribution < 1.29 is 9.53 Å². The summed E-state index contributed by atoms with van der Waals surface area (Å²) >= 11 is 0. The largest absolute Gasteiger partial charge is 0.497 e. The standard InChI is InChI=1S/C19H21NO2/c1-13-4-6-16(7-5-13)19(21)20-11-10-15-8-9-17(22-3)12-18(15)14(20)2/h4-9,12,14H,10-11H2,1-3H3. The molecule has 0 radical (unpaired) electrons.